The molecule has 0 aromatic heterocycles. The Labute approximate surface area is 120 Å². The van der Waals surface area contributed by atoms with Crippen molar-refractivity contribution in [1.29, 1.82) is 0 Å². The maximum absolute atomic E-state index is 6.11. The Morgan fingerprint density at radius 2 is 2.26 bits per heavy atom. The molecule has 3 atom stereocenters. The minimum atomic E-state index is 0.116. The van der Waals surface area contributed by atoms with Crippen molar-refractivity contribution >= 4 is 11.6 Å². The van der Waals surface area contributed by atoms with Crippen LogP contribution in [-0.2, 0) is 0 Å². The van der Waals surface area contributed by atoms with Crippen molar-refractivity contribution in [1.82, 2.24) is 5.43 Å². The van der Waals surface area contributed by atoms with E-state index in [0.717, 1.165) is 22.3 Å². The third-order valence-electron chi connectivity index (χ3n) is 4.34. The Morgan fingerprint density at radius 1 is 1.47 bits per heavy atom. The highest BCUT2D eigenvalue weighted by atomic mass is 35.5. The van der Waals surface area contributed by atoms with Crippen LogP contribution in [0.5, 0.6) is 5.75 Å². The van der Waals surface area contributed by atoms with Crippen LogP contribution in [0.2, 0.25) is 5.02 Å². The summed E-state index contributed by atoms with van der Waals surface area (Å²) in [6, 6.07) is 5.84. The summed E-state index contributed by atoms with van der Waals surface area (Å²) < 4.78 is 5.44. The van der Waals surface area contributed by atoms with E-state index in [9.17, 15) is 0 Å². The average Bonchev–Trinajstić information content (AvgIpc) is 2.89. The molecule has 106 valence electrons. The Bertz CT molecular complexity index is 425. The molecule has 1 aliphatic carbocycles. The zero-order valence-corrected chi connectivity index (χ0v) is 12.4. The van der Waals surface area contributed by atoms with E-state index in [4.69, 9.17) is 22.2 Å². The number of hydrazine groups is 1. The summed E-state index contributed by atoms with van der Waals surface area (Å²) in [4.78, 5) is 0. The van der Waals surface area contributed by atoms with Crippen molar-refractivity contribution in [2.75, 3.05) is 7.11 Å². The molecule has 0 heterocycles. The van der Waals surface area contributed by atoms with Gasteiger partial charge < -0.3 is 4.74 Å². The Balaban J connectivity index is 2.24. The van der Waals surface area contributed by atoms with Gasteiger partial charge in [0.25, 0.3) is 0 Å². The zero-order valence-electron chi connectivity index (χ0n) is 11.7. The van der Waals surface area contributed by atoms with E-state index in [1.807, 2.05) is 18.2 Å². The molecule has 1 aromatic carbocycles. The lowest BCUT2D eigenvalue weighted by Gasteiger charge is -2.25. The van der Waals surface area contributed by atoms with Gasteiger partial charge in [0.05, 0.1) is 13.2 Å². The van der Waals surface area contributed by atoms with Crippen LogP contribution in [0.15, 0.2) is 18.2 Å². The van der Waals surface area contributed by atoms with E-state index in [0.29, 0.717) is 5.92 Å². The van der Waals surface area contributed by atoms with Gasteiger partial charge in [0.2, 0.25) is 0 Å². The number of nitrogens with one attached hydrogen (secondary N) is 1. The largest absolute Gasteiger partial charge is 0.496 e. The van der Waals surface area contributed by atoms with Gasteiger partial charge in [-0.15, -0.1) is 0 Å². The highest BCUT2D eigenvalue weighted by Crippen LogP contribution is 2.42. The fourth-order valence-corrected chi connectivity index (χ4v) is 3.40. The second-order valence-corrected chi connectivity index (χ2v) is 5.81. The van der Waals surface area contributed by atoms with Gasteiger partial charge in [0.1, 0.15) is 5.75 Å². The Morgan fingerprint density at radius 3 is 2.84 bits per heavy atom. The Hall–Kier alpha value is -0.770. The van der Waals surface area contributed by atoms with Crippen LogP contribution in [0.1, 0.15) is 44.2 Å². The molecule has 1 fully saturated rings. The lowest BCUT2D eigenvalue weighted by atomic mass is 9.90. The number of methoxy groups -OCH3 is 1. The predicted octanol–water partition coefficient (Wildman–Crippen LogP) is 3.68. The van der Waals surface area contributed by atoms with Crippen molar-refractivity contribution < 1.29 is 4.74 Å². The molecule has 0 bridgehead atoms. The molecule has 3 N–H and O–H groups in total. The SMILES string of the molecule is CCC1CCC(C(NN)c2cc(Cl)ccc2OC)C1. The minimum absolute atomic E-state index is 0.116. The second-order valence-electron chi connectivity index (χ2n) is 5.38. The first kappa shape index (κ1) is 14.6. The molecule has 1 aliphatic rings. The number of halogens is 1. The molecule has 0 saturated heterocycles. The predicted molar refractivity (Wildman–Crippen MR) is 79.2 cm³/mol. The summed E-state index contributed by atoms with van der Waals surface area (Å²) in [5.74, 6) is 8.03. The molecule has 0 amide bonds. The minimum Gasteiger partial charge on any atom is -0.496 e. The van der Waals surface area contributed by atoms with Crippen LogP contribution in [0.3, 0.4) is 0 Å². The molecule has 2 rings (SSSR count). The number of ether oxygens (including phenoxy) is 1. The van der Waals surface area contributed by atoms with Gasteiger partial charge >= 0.3 is 0 Å². The first-order valence-electron chi connectivity index (χ1n) is 6.99. The molecule has 0 aliphatic heterocycles. The topological polar surface area (TPSA) is 47.3 Å². The fourth-order valence-electron chi connectivity index (χ4n) is 3.22. The summed E-state index contributed by atoms with van der Waals surface area (Å²) >= 11 is 6.11. The molecule has 0 radical (unpaired) electrons. The van der Waals surface area contributed by atoms with Gasteiger partial charge in [-0.25, -0.2) is 0 Å². The maximum atomic E-state index is 6.11. The molecule has 0 spiro atoms. The molecule has 4 heteroatoms. The summed E-state index contributed by atoms with van der Waals surface area (Å²) in [6.45, 7) is 2.26. The number of nitrogens with two attached hydrogens (primary N) is 1. The summed E-state index contributed by atoms with van der Waals surface area (Å²) in [5.41, 5.74) is 4.04. The van der Waals surface area contributed by atoms with Crippen molar-refractivity contribution in [2.24, 2.45) is 17.7 Å². The fraction of sp³-hybridized carbons (Fsp3) is 0.600. The first-order chi connectivity index (χ1) is 9.19. The van der Waals surface area contributed by atoms with Gasteiger partial charge in [0, 0.05) is 10.6 Å². The summed E-state index contributed by atoms with van der Waals surface area (Å²) in [7, 11) is 1.68. The van der Waals surface area contributed by atoms with Gasteiger partial charge in [-0.2, -0.15) is 0 Å². The number of rotatable bonds is 5. The third-order valence-corrected chi connectivity index (χ3v) is 4.57. The zero-order chi connectivity index (χ0) is 13.8. The van der Waals surface area contributed by atoms with E-state index in [1.54, 1.807) is 7.11 Å². The van der Waals surface area contributed by atoms with E-state index >= 15 is 0 Å². The van der Waals surface area contributed by atoms with Crippen LogP contribution in [-0.4, -0.2) is 7.11 Å². The summed E-state index contributed by atoms with van der Waals surface area (Å²) in [6.07, 6.45) is 4.98. The second kappa shape index (κ2) is 6.60. The lowest BCUT2D eigenvalue weighted by molar-refractivity contribution is 0.339. The van der Waals surface area contributed by atoms with Gasteiger partial charge in [-0.05, 0) is 42.9 Å². The third kappa shape index (κ3) is 3.22. The molecule has 1 saturated carbocycles. The van der Waals surface area contributed by atoms with Crippen LogP contribution in [0, 0.1) is 11.8 Å². The van der Waals surface area contributed by atoms with E-state index < -0.39 is 0 Å². The van der Waals surface area contributed by atoms with Gasteiger partial charge in [0.15, 0.2) is 0 Å². The van der Waals surface area contributed by atoms with Crippen molar-refractivity contribution in [3.05, 3.63) is 28.8 Å². The van der Waals surface area contributed by atoms with Crippen molar-refractivity contribution in [2.45, 2.75) is 38.6 Å². The van der Waals surface area contributed by atoms with Crippen LogP contribution in [0.4, 0.5) is 0 Å². The van der Waals surface area contributed by atoms with E-state index in [2.05, 4.69) is 12.3 Å². The van der Waals surface area contributed by atoms with Crippen molar-refractivity contribution in [3.8, 4) is 5.75 Å². The van der Waals surface area contributed by atoms with Gasteiger partial charge in [-0.1, -0.05) is 31.4 Å². The van der Waals surface area contributed by atoms with E-state index in [1.165, 1.54) is 25.7 Å². The molecule has 19 heavy (non-hydrogen) atoms. The summed E-state index contributed by atoms with van der Waals surface area (Å²) in [5, 5.41) is 0.723. The quantitative estimate of drug-likeness (QED) is 0.640. The molecular formula is C15H23ClN2O. The number of hydrogen-bond acceptors (Lipinski definition) is 3. The maximum Gasteiger partial charge on any atom is 0.123 e. The van der Waals surface area contributed by atoms with Crippen molar-refractivity contribution in [3.63, 3.8) is 0 Å². The lowest BCUT2D eigenvalue weighted by Crippen LogP contribution is -2.33. The number of hydrogen-bond donors (Lipinski definition) is 2. The molecule has 3 nitrogen and oxygen atoms in total. The highest BCUT2D eigenvalue weighted by molar-refractivity contribution is 6.30. The smallest absolute Gasteiger partial charge is 0.123 e. The average molecular weight is 283 g/mol. The van der Waals surface area contributed by atoms with Crippen LogP contribution >= 0.6 is 11.6 Å². The highest BCUT2D eigenvalue weighted by Gasteiger charge is 2.31. The Kier molecular flexibility index (Phi) is 5.08. The monoisotopic (exact) mass is 282 g/mol. The van der Waals surface area contributed by atoms with Gasteiger partial charge in [-0.3, -0.25) is 11.3 Å². The molecule has 1 aromatic rings. The normalized spacial score (nSPS) is 24.4. The molecule has 3 unspecified atom stereocenters. The first-order valence-corrected chi connectivity index (χ1v) is 7.37. The van der Waals surface area contributed by atoms with Crippen LogP contribution < -0.4 is 16.0 Å². The van der Waals surface area contributed by atoms with Crippen LogP contribution in [0.25, 0.3) is 0 Å². The van der Waals surface area contributed by atoms with E-state index in [-0.39, 0.29) is 6.04 Å². The number of benzene rings is 1. The standard InChI is InChI=1S/C15H23ClN2O/c1-3-10-4-5-11(8-10)15(18-17)13-9-12(16)6-7-14(13)19-2/h6-7,9-11,15,18H,3-5,8,17H2,1-2H3. The molecular weight excluding hydrogens is 260 g/mol.